The summed E-state index contributed by atoms with van der Waals surface area (Å²) in [6.45, 7) is 11.0. The minimum absolute atomic E-state index is 0.0560. The second kappa shape index (κ2) is 9.57. The minimum atomic E-state index is -1.19. The maximum atomic E-state index is 13.6. The van der Waals surface area contributed by atoms with Gasteiger partial charge >= 0.3 is 5.97 Å². The highest BCUT2D eigenvalue weighted by Gasteiger charge is 2.60. The molecule has 8 rings (SSSR count). The van der Waals surface area contributed by atoms with Gasteiger partial charge in [0.15, 0.2) is 12.3 Å². The van der Waals surface area contributed by atoms with Gasteiger partial charge in [-0.25, -0.2) is 4.79 Å². The fourth-order valence-electron chi connectivity index (χ4n) is 8.53. The molecule has 4 atom stereocenters. The Morgan fingerprint density at radius 2 is 1.60 bits per heavy atom. The van der Waals surface area contributed by atoms with E-state index < -0.39 is 24.0 Å². The number of nitrogens with one attached hydrogen (secondary N) is 1. The van der Waals surface area contributed by atoms with Crippen LogP contribution >= 0.6 is 0 Å². The molecule has 0 spiro atoms. The quantitative estimate of drug-likeness (QED) is 0.285. The van der Waals surface area contributed by atoms with Gasteiger partial charge in [-0.1, -0.05) is 25.1 Å². The lowest BCUT2D eigenvalue weighted by Gasteiger charge is -2.55. The number of piperazine rings is 3. The molecule has 0 radical (unpaired) electrons. The minimum Gasteiger partial charge on any atom is -0.477 e. The first-order chi connectivity index (χ1) is 20.5. The van der Waals surface area contributed by atoms with Crippen molar-refractivity contribution in [1.29, 1.82) is 0 Å². The number of hydrogen-bond acceptors (Lipinski definition) is 5. The van der Waals surface area contributed by atoms with Crippen molar-refractivity contribution >= 4 is 29.1 Å². The summed E-state index contributed by atoms with van der Waals surface area (Å²) in [6.07, 6.45) is -0.875. The number of nitrogens with zero attached hydrogens (tertiary/aromatic N) is 3. The van der Waals surface area contributed by atoms with E-state index in [2.05, 4.69) is 17.4 Å². The van der Waals surface area contributed by atoms with Crippen LogP contribution in [0.4, 0.5) is 0 Å². The molecule has 2 bridgehead atoms. The van der Waals surface area contributed by atoms with E-state index in [9.17, 15) is 29.4 Å². The number of ketones is 1. The third-order valence-electron chi connectivity index (χ3n) is 11.0. The van der Waals surface area contributed by atoms with Crippen molar-refractivity contribution in [2.45, 2.75) is 32.5 Å². The van der Waals surface area contributed by atoms with Crippen LogP contribution in [0.15, 0.2) is 42.1 Å². The predicted molar refractivity (Wildman–Crippen MR) is 157 cm³/mol. The molecule has 5 heterocycles. The number of rotatable bonds is 7. The zero-order chi connectivity index (χ0) is 30.4. The van der Waals surface area contributed by atoms with E-state index in [-0.39, 0.29) is 29.2 Å². The summed E-state index contributed by atoms with van der Waals surface area (Å²) in [5, 5.41) is 23.1. The maximum Gasteiger partial charge on any atom is 0.352 e. The zero-order valence-corrected chi connectivity index (χ0v) is 24.8. The summed E-state index contributed by atoms with van der Waals surface area (Å²) in [5.74, 6) is -2.48. The van der Waals surface area contributed by atoms with Crippen LogP contribution in [-0.2, 0) is 20.9 Å². The second-order valence-electron chi connectivity index (χ2n) is 13.3. The van der Waals surface area contributed by atoms with Crippen LogP contribution in [0, 0.1) is 11.8 Å². The molecule has 0 unspecified atom stereocenters. The number of aliphatic carboxylic acids is 1. The fraction of sp³-hybridized carbons (Fsp3) is 0.455. The molecule has 2 aromatic carbocycles. The standard InChI is InChI=1S/C33H36N4O6/c1-18-27(30(33(42)43)35-29(18)28(19(2)38)32(35)41)21-5-7-22-24-14-20(4-6-23(24)31(40)25(22)15-21)16-36-8-11-37(12-9-36,13-10-36)17-26(39)34-3/h4-7,14-15,18-19,28-29,38H,8-13,16-17H2,1-3H3/p+2/t18-,19+,28+,29+,36?,37?/m0/s1. The number of benzene rings is 2. The number of carboxylic acid groups (broad SMARTS) is 1. The van der Waals surface area contributed by atoms with E-state index in [0.717, 1.165) is 65.9 Å². The van der Waals surface area contributed by atoms with Crippen LogP contribution < -0.4 is 5.32 Å². The molecule has 5 aliphatic heterocycles. The summed E-state index contributed by atoms with van der Waals surface area (Å²) < 4.78 is 1.87. The Balaban J connectivity index is 1.16. The molecule has 4 fully saturated rings. The van der Waals surface area contributed by atoms with E-state index in [1.54, 1.807) is 20.0 Å². The molecule has 3 N–H and O–H groups in total. The third kappa shape index (κ3) is 4.03. The van der Waals surface area contributed by atoms with Gasteiger partial charge in [0.05, 0.1) is 18.1 Å². The highest BCUT2D eigenvalue weighted by Crippen LogP contribution is 2.51. The number of likely N-dealkylation sites (N-methyl/N-ethyl adjacent to an activating group) is 1. The van der Waals surface area contributed by atoms with Crippen molar-refractivity contribution < 1.29 is 38.4 Å². The Bertz CT molecular complexity index is 1620. The van der Waals surface area contributed by atoms with Crippen LogP contribution in [0.25, 0.3) is 16.7 Å². The van der Waals surface area contributed by atoms with Gasteiger partial charge in [-0.15, -0.1) is 0 Å². The topological polar surface area (TPSA) is 124 Å². The third-order valence-corrected chi connectivity index (χ3v) is 11.0. The van der Waals surface area contributed by atoms with Crippen molar-refractivity contribution in [3.63, 3.8) is 0 Å². The first kappa shape index (κ1) is 27.9. The molecule has 10 nitrogen and oxygen atoms in total. The summed E-state index contributed by atoms with van der Waals surface area (Å²) >= 11 is 0. The average molecular weight is 587 g/mol. The number of carbonyl (C=O) groups excluding carboxylic acids is 3. The number of aliphatic hydroxyl groups is 1. The highest BCUT2D eigenvalue weighted by atomic mass is 16.4. The lowest BCUT2D eigenvalue weighted by molar-refractivity contribution is -1.08. The van der Waals surface area contributed by atoms with Gasteiger partial charge in [0, 0.05) is 29.7 Å². The number of aliphatic hydroxyl groups excluding tert-OH is 1. The smallest absolute Gasteiger partial charge is 0.352 e. The molecule has 43 heavy (non-hydrogen) atoms. The lowest BCUT2D eigenvalue weighted by atomic mass is 9.76. The van der Waals surface area contributed by atoms with Crippen molar-refractivity contribution in [1.82, 2.24) is 10.2 Å². The van der Waals surface area contributed by atoms with Gasteiger partial charge in [0.1, 0.15) is 51.5 Å². The van der Waals surface area contributed by atoms with Gasteiger partial charge < -0.3 is 29.4 Å². The fourth-order valence-corrected chi connectivity index (χ4v) is 8.53. The Morgan fingerprint density at radius 1 is 0.953 bits per heavy atom. The van der Waals surface area contributed by atoms with E-state index in [1.807, 2.05) is 25.1 Å². The van der Waals surface area contributed by atoms with Crippen molar-refractivity contribution in [2.75, 3.05) is 52.9 Å². The van der Waals surface area contributed by atoms with Gasteiger partial charge in [-0.2, -0.15) is 0 Å². The number of carbonyl (C=O) groups is 4. The maximum absolute atomic E-state index is 13.6. The Morgan fingerprint density at radius 3 is 2.23 bits per heavy atom. The van der Waals surface area contributed by atoms with Gasteiger partial charge in [0.25, 0.3) is 5.91 Å². The van der Waals surface area contributed by atoms with Crippen molar-refractivity contribution in [3.05, 3.63) is 64.3 Å². The molecular formula is C33H38N4O6+2. The summed E-state index contributed by atoms with van der Waals surface area (Å²) in [5.41, 5.74) is 5.21. The van der Waals surface area contributed by atoms with Crippen LogP contribution in [0.2, 0.25) is 0 Å². The summed E-state index contributed by atoms with van der Waals surface area (Å²) in [6, 6.07) is 11.2. The first-order valence-electron chi connectivity index (χ1n) is 15.2. The molecule has 6 aliphatic rings. The molecule has 224 valence electrons. The van der Waals surface area contributed by atoms with E-state index in [0.29, 0.717) is 28.8 Å². The molecule has 0 aromatic heterocycles. The van der Waals surface area contributed by atoms with Crippen LogP contribution in [0.3, 0.4) is 0 Å². The highest BCUT2D eigenvalue weighted by molar-refractivity contribution is 6.22. The normalized spacial score (nSPS) is 31.0. The van der Waals surface area contributed by atoms with Gasteiger partial charge in [0.2, 0.25) is 5.91 Å². The summed E-state index contributed by atoms with van der Waals surface area (Å²) in [7, 11) is 1.70. The zero-order valence-electron chi connectivity index (χ0n) is 24.8. The van der Waals surface area contributed by atoms with Gasteiger partial charge in [-0.3, -0.25) is 14.4 Å². The number of amides is 2. The van der Waals surface area contributed by atoms with Crippen LogP contribution in [0.5, 0.6) is 0 Å². The largest absolute Gasteiger partial charge is 0.477 e. The SMILES string of the molecule is CNC(=O)C[N+]12CC[N+](Cc3ccc4c(c3)-c3ccc(C5=C(C(=O)O)N6C(=O)[C@H]([C@@H](C)O)[C@H]6[C@H]5C)cc3C4=O)(CC1)CC2. The van der Waals surface area contributed by atoms with Crippen molar-refractivity contribution in [3.8, 4) is 11.1 Å². The molecule has 10 heteroatoms. The molecule has 0 saturated carbocycles. The Hall–Kier alpha value is -3.86. The number of quaternary nitrogens is 2. The molecule has 2 aromatic rings. The molecule has 2 amide bonds. The van der Waals surface area contributed by atoms with E-state index >= 15 is 0 Å². The van der Waals surface area contributed by atoms with Gasteiger partial charge in [-0.05, 0) is 47.4 Å². The number of carboxylic acids is 1. The molecule has 4 saturated heterocycles. The number of β-lactam (4-membered cyclic amide) rings is 1. The van der Waals surface area contributed by atoms with E-state index in [4.69, 9.17) is 0 Å². The Labute approximate surface area is 250 Å². The average Bonchev–Trinajstić information content (AvgIpc) is 3.41. The second-order valence-corrected chi connectivity index (χ2v) is 13.3. The van der Waals surface area contributed by atoms with Crippen LogP contribution in [-0.4, -0.2) is 113 Å². The monoisotopic (exact) mass is 586 g/mol. The summed E-state index contributed by atoms with van der Waals surface area (Å²) in [4.78, 5) is 52.1. The van der Waals surface area contributed by atoms with Crippen molar-refractivity contribution in [2.24, 2.45) is 11.8 Å². The number of fused-ring (bicyclic) bond motifs is 7. The Kier molecular flexibility index (Phi) is 6.22. The molecule has 1 aliphatic carbocycles. The predicted octanol–water partition coefficient (Wildman–Crippen LogP) is 1.46. The lowest BCUT2D eigenvalue weighted by Crippen LogP contribution is -2.75. The first-order valence-corrected chi connectivity index (χ1v) is 15.2. The molecular weight excluding hydrogens is 548 g/mol. The van der Waals surface area contributed by atoms with Crippen LogP contribution in [0.1, 0.15) is 40.9 Å². The van der Waals surface area contributed by atoms with E-state index in [1.165, 1.54) is 10.5 Å². The number of hydrogen-bond donors (Lipinski definition) is 3.